The van der Waals surface area contributed by atoms with Gasteiger partial charge >= 0.3 is 0 Å². The summed E-state index contributed by atoms with van der Waals surface area (Å²) in [4.78, 5) is 19.1. The molecule has 1 fully saturated rings. The van der Waals surface area contributed by atoms with Crippen LogP contribution in [0.25, 0.3) is 0 Å². The zero-order valence-electron chi connectivity index (χ0n) is 14.2. The molecular formula is C19H23N3O3. The topological polar surface area (TPSA) is 56.6 Å². The minimum absolute atomic E-state index is 0.0904. The zero-order chi connectivity index (χ0) is 17.1. The number of hydrogen-bond acceptors (Lipinski definition) is 4. The maximum atomic E-state index is 12.9. The lowest BCUT2D eigenvalue weighted by Gasteiger charge is -2.37. The van der Waals surface area contributed by atoms with Crippen molar-refractivity contribution in [1.29, 1.82) is 0 Å². The molecule has 2 aliphatic heterocycles. The predicted octanol–water partition coefficient (Wildman–Crippen LogP) is 2.27. The lowest BCUT2D eigenvalue weighted by Crippen LogP contribution is -2.45. The van der Waals surface area contributed by atoms with Gasteiger partial charge in [-0.2, -0.15) is 0 Å². The van der Waals surface area contributed by atoms with Crippen molar-refractivity contribution in [3.05, 3.63) is 48.4 Å². The monoisotopic (exact) mass is 341 g/mol. The van der Waals surface area contributed by atoms with Gasteiger partial charge in [-0.1, -0.05) is 6.07 Å². The van der Waals surface area contributed by atoms with Gasteiger partial charge in [0.1, 0.15) is 6.61 Å². The number of fused-ring (bicyclic) bond motifs is 1. The number of pyridine rings is 1. The SMILES string of the molecule is O=C(C1CCOCC1)N1Cc2cccn2[C@H](COc2ccccn2)C1. The van der Waals surface area contributed by atoms with Gasteiger partial charge in [0.05, 0.1) is 12.6 Å². The Morgan fingerprint density at radius 2 is 2.12 bits per heavy atom. The molecule has 132 valence electrons. The Labute approximate surface area is 147 Å². The Hall–Kier alpha value is -2.34. The van der Waals surface area contributed by atoms with E-state index in [2.05, 4.69) is 21.8 Å². The normalized spacial score (nSPS) is 21.0. The van der Waals surface area contributed by atoms with Gasteiger partial charge in [-0.15, -0.1) is 0 Å². The van der Waals surface area contributed by atoms with Crippen LogP contribution in [0.15, 0.2) is 42.7 Å². The molecule has 2 aromatic heterocycles. The van der Waals surface area contributed by atoms with E-state index in [-0.39, 0.29) is 17.9 Å². The van der Waals surface area contributed by atoms with E-state index in [1.165, 1.54) is 0 Å². The molecule has 1 saturated heterocycles. The van der Waals surface area contributed by atoms with Crippen molar-refractivity contribution >= 4 is 5.91 Å². The first-order valence-electron chi connectivity index (χ1n) is 8.87. The first-order chi connectivity index (χ1) is 12.3. The van der Waals surface area contributed by atoms with Gasteiger partial charge in [-0.05, 0) is 31.0 Å². The maximum Gasteiger partial charge on any atom is 0.226 e. The van der Waals surface area contributed by atoms with E-state index in [1.807, 2.05) is 29.2 Å². The Morgan fingerprint density at radius 3 is 2.92 bits per heavy atom. The average Bonchev–Trinajstić information content (AvgIpc) is 3.16. The van der Waals surface area contributed by atoms with Gasteiger partial charge in [-0.3, -0.25) is 4.79 Å². The Bertz CT molecular complexity index is 710. The van der Waals surface area contributed by atoms with E-state index in [0.29, 0.717) is 38.8 Å². The number of amides is 1. The summed E-state index contributed by atoms with van der Waals surface area (Å²) in [5.41, 5.74) is 1.15. The fraction of sp³-hybridized carbons (Fsp3) is 0.474. The molecule has 0 N–H and O–H groups in total. The highest BCUT2D eigenvalue weighted by molar-refractivity contribution is 5.79. The van der Waals surface area contributed by atoms with Gasteiger partial charge < -0.3 is 18.9 Å². The molecule has 0 spiro atoms. The molecule has 1 atom stereocenters. The third-order valence-corrected chi connectivity index (χ3v) is 4.99. The van der Waals surface area contributed by atoms with Crippen LogP contribution in [0.4, 0.5) is 0 Å². The number of ether oxygens (including phenoxy) is 2. The highest BCUT2D eigenvalue weighted by Crippen LogP contribution is 2.26. The Balaban J connectivity index is 1.46. The van der Waals surface area contributed by atoms with E-state index < -0.39 is 0 Å². The fourth-order valence-corrected chi connectivity index (χ4v) is 3.64. The third kappa shape index (κ3) is 3.54. The molecule has 0 aliphatic carbocycles. The van der Waals surface area contributed by atoms with Crippen molar-refractivity contribution in [2.24, 2.45) is 5.92 Å². The highest BCUT2D eigenvalue weighted by Gasteiger charge is 2.32. The summed E-state index contributed by atoms with van der Waals surface area (Å²) in [6.45, 7) is 3.21. The van der Waals surface area contributed by atoms with E-state index in [4.69, 9.17) is 9.47 Å². The number of aromatic nitrogens is 2. The predicted molar refractivity (Wildman–Crippen MR) is 92.2 cm³/mol. The Kier molecular flexibility index (Phi) is 4.70. The van der Waals surface area contributed by atoms with E-state index in [1.54, 1.807) is 6.20 Å². The van der Waals surface area contributed by atoms with Crippen LogP contribution in [0, 0.1) is 5.92 Å². The van der Waals surface area contributed by atoms with Crippen LogP contribution in [0.5, 0.6) is 5.88 Å². The van der Waals surface area contributed by atoms with Crippen molar-refractivity contribution in [3.8, 4) is 5.88 Å². The molecule has 4 rings (SSSR count). The number of hydrogen-bond donors (Lipinski definition) is 0. The molecule has 2 aliphatic rings. The summed E-state index contributed by atoms with van der Waals surface area (Å²) in [5.74, 6) is 0.954. The first-order valence-corrected chi connectivity index (χ1v) is 8.87. The molecule has 4 heterocycles. The molecule has 0 saturated carbocycles. The number of carbonyl (C=O) groups excluding carboxylic acids is 1. The number of carbonyl (C=O) groups is 1. The maximum absolute atomic E-state index is 12.9. The van der Waals surface area contributed by atoms with Gasteiger partial charge in [0.15, 0.2) is 0 Å². The number of rotatable bonds is 4. The van der Waals surface area contributed by atoms with Crippen molar-refractivity contribution in [2.45, 2.75) is 25.4 Å². The van der Waals surface area contributed by atoms with E-state index in [9.17, 15) is 4.79 Å². The summed E-state index contributed by atoms with van der Waals surface area (Å²) < 4.78 is 13.5. The van der Waals surface area contributed by atoms with Crippen LogP contribution in [0.2, 0.25) is 0 Å². The Morgan fingerprint density at radius 1 is 1.24 bits per heavy atom. The molecule has 6 nitrogen and oxygen atoms in total. The van der Waals surface area contributed by atoms with Crippen LogP contribution in [-0.2, 0) is 16.1 Å². The molecular weight excluding hydrogens is 318 g/mol. The van der Waals surface area contributed by atoms with E-state index in [0.717, 1.165) is 18.5 Å². The van der Waals surface area contributed by atoms with Crippen molar-refractivity contribution < 1.29 is 14.3 Å². The second kappa shape index (κ2) is 7.27. The summed E-state index contributed by atoms with van der Waals surface area (Å²) in [7, 11) is 0. The van der Waals surface area contributed by atoms with Gasteiger partial charge in [-0.25, -0.2) is 4.98 Å². The molecule has 0 bridgehead atoms. The minimum Gasteiger partial charge on any atom is -0.475 e. The molecule has 1 amide bonds. The summed E-state index contributed by atoms with van der Waals surface area (Å²) in [6, 6.07) is 9.84. The van der Waals surface area contributed by atoms with Crippen LogP contribution in [0.1, 0.15) is 24.6 Å². The van der Waals surface area contributed by atoms with Gasteiger partial charge in [0, 0.05) is 49.8 Å². The summed E-state index contributed by atoms with van der Waals surface area (Å²) in [5, 5.41) is 0. The van der Waals surface area contributed by atoms with Crippen molar-refractivity contribution in [3.63, 3.8) is 0 Å². The van der Waals surface area contributed by atoms with Crippen molar-refractivity contribution in [1.82, 2.24) is 14.5 Å². The summed E-state index contributed by atoms with van der Waals surface area (Å²) >= 11 is 0. The molecule has 0 aromatic carbocycles. The first kappa shape index (κ1) is 16.1. The largest absolute Gasteiger partial charge is 0.475 e. The standard InChI is InChI=1S/C19H23N3O3/c23-19(15-6-10-24-11-7-15)21-12-16-4-3-9-22(16)17(13-21)14-25-18-5-1-2-8-20-18/h1-5,8-9,15,17H,6-7,10-14H2/t17-/m0/s1. The molecule has 0 unspecified atom stereocenters. The lowest BCUT2D eigenvalue weighted by atomic mass is 9.98. The van der Waals surface area contributed by atoms with Gasteiger partial charge in [0.2, 0.25) is 11.8 Å². The zero-order valence-corrected chi connectivity index (χ0v) is 14.2. The fourth-order valence-electron chi connectivity index (χ4n) is 3.64. The smallest absolute Gasteiger partial charge is 0.226 e. The minimum atomic E-state index is 0.0904. The molecule has 0 radical (unpaired) electrons. The average molecular weight is 341 g/mol. The van der Waals surface area contributed by atoms with E-state index >= 15 is 0 Å². The highest BCUT2D eigenvalue weighted by atomic mass is 16.5. The second-order valence-electron chi connectivity index (χ2n) is 6.65. The van der Waals surface area contributed by atoms with Gasteiger partial charge in [0.25, 0.3) is 0 Å². The molecule has 6 heteroatoms. The summed E-state index contributed by atoms with van der Waals surface area (Å²) in [6.07, 6.45) is 5.44. The lowest BCUT2D eigenvalue weighted by molar-refractivity contribution is -0.140. The second-order valence-corrected chi connectivity index (χ2v) is 6.65. The molecule has 2 aromatic rings. The van der Waals surface area contributed by atoms with Crippen LogP contribution < -0.4 is 4.74 Å². The molecule has 25 heavy (non-hydrogen) atoms. The van der Waals surface area contributed by atoms with Crippen LogP contribution in [-0.4, -0.2) is 46.7 Å². The number of nitrogens with zero attached hydrogens (tertiary/aromatic N) is 3. The van der Waals surface area contributed by atoms with Crippen LogP contribution >= 0.6 is 0 Å². The van der Waals surface area contributed by atoms with Crippen LogP contribution in [0.3, 0.4) is 0 Å². The van der Waals surface area contributed by atoms with Crippen molar-refractivity contribution in [2.75, 3.05) is 26.4 Å². The third-order valence-electron chi connectivity index (χ3n) is 4.99. The quantitative estimate of drug-likeness (QED) is 0.856.